The van der Waals surface area contributed by atoms with Gasteiger partial charge in [0, 0.05) is 19.5 Å². The summed E-state index contributed by atoms with van der Waals surface area (Å²) in [5.74, 6) is -13.1. The fraction of sp³-hybridized carbons (Fsp3) is 0.690. The van der Waals surface area contributed by atoms with Crippen molar-refractivity contribution in [1.29, 1.82) is 0 Å². The summed E-state index contributed by atoms with van der Waals surface area (Å²) in [5.41, 5.74) is 24.6. The number of unbranched alkanes of at least 4 members (excludes halogenated alkanes) is 4. The van der Waals surface area contributed by atoms with Crippen LogP contribution in [0.5, 0.6) is 5.75 Å². The normalized spacial score (nSPS) is 25.9. The van der Waals surface area contributed by atoms with Crippen LogP contribution in [0.4, 0.5) is 0 Å². The summed E-state index contributed by atoms with van der Waals surface area (Å²) < 4.78 is 0. The average molecular weight is 1640 g/mol. The van der Waals surface area contributed by atoms with Gasteiger partial charge in [0.05, 0.1) is 0 Å². The number of carbonyl (C=O) groups is 14. The third kappa shape index (κ3) is 31.5. The molecular formula is C84H138N18O15. The number of benzene rings is 2. The molecule has 3 heterocycles. The van der Waals surface area contributed by atoms with E-state index in [1.54, 1.807) is 84.0 Å². The van der Waals surface area contributed by atoms with Gasteiger partial charge in [-0.3, -0.25) is 67.1 Å². The van der Waals surface area contributed by atoms with Crippen molar-refractivity contribution in [1.82, 2.24) is 73.6 Å². The smallest absolute Gasteiger partial charge is 0.250 e. The standard InChI is InChI=1S/C84H138N18O15/c1-48(2)44-61-75(108)89-60(31-19-23-41-88)74(107)98-69(53(11)12)82(115)100-70(55-26-14-13-15-27-55)84(117)102-43-25-32-65(102)78(111)95-63(46-50(5)6)76(109)90-59(30-18-22-40-87)73(106)97-67(51(7)8)80(113)91-57(28-16-20-38-85)72(105)94-62(45-49(3)4)77(110)96-64(47-54-34-36-56(103)37-35-54)83(116)101-42-24-33-66(101)79(112)99-68(52(9)10)81(114)92-58(71(104)93-61)29-17-21-39-86/h13-15,26-27,34-37,48-53,57-70,103H,16-25,28-33,38-47,85-88H2,1-12H3,(H,89,108)(H,90,109)(H,91,113)(H,92,114)(H,93,104)(H,94,105)(H,95,111)(H,96,110)(H,97,106)(H,98,107)(H,99,112)(H,100,115)/t57-,58-,59-,60-,61-,62-,63-,64+,65-,66-,67-,68-,69-,70+/m0/s1. The molecule has 14 atom stereocenters. The van der Waals surface area contributed by atoms with Gasteiger partial charge in [0.15, 0.2) is 0 Å². The second-order valence-corrected chi connectivity index (χ2v) is 33.8. The maximum Gasteiger partial charge on any atom is 0.250 e. The number of hydrogen-bond donors (Lipinski definition) is 17. The number of hydrogen-bond acceptors (Lipinski definition) is 19. The molecule has 0 radical (unpaired) electrons. The molecule has 33 nitrogen and oxygen atoms in total. The van der Waals surface area contributed by atoms with Crippen molar-refractivity contribution in [3.63, 3.8) is 0 Å². The van der Waals surface area contributed by atoms with Crippen LogP contribution in [-0.4, -0.2) is 215 Å². The Morgan fingerprint density at radius 3 is 0.974 bits per heavy atom. The Kier molecular flexibility index (Phi) is 41.8. The molecule has 0 spiro atoms. The first-order valence-electron chi connectivity index (χ1n) is 42.4. The van der Waals surface area contributed by atoms with Crippen molar-refractivity contribution < 1.29 is 72.2 Å². The number of phenols is 1. The van der Waals surface area contributed by atoms with Crippen LogP contribution in [-0.2, 0) is 73.5 Å². The molecule has 0 unspecified atom stereocenters. The number of rotatable bonds is 28. The monoisotopic (exact) mass is 1640 g/mol. The number of nitrogens with zero attached hydrogens (tertiary/aromatic N) is 2. The first-order chi connectivity index (χ1) is 55.5. The van der Waals surface area contributed by atoms with E-state index >= 15 is 14.4 Å². The lowest BCUT2D eigenvalue weighted by Crippen LogP contribution is -2.62. The Morgan fingerprint density at radius 2 is 0.624 bits per heavy atom. The number of phenolic OH excluding ortho intramolecular Hbond substituents is 1. The minimum atomic E-state index is -1.43. The molecule has 14 amide bonds. The van der Waals surface area contributed by atoms with Crippen molar-refractivity contribution in [2.24, 2.45) is 58.4 Å². The van der Waals surface area contributed by atoms with Crippen LogP contribution >= 0.6 is 0 Å². The number of amides is 14. The summed E-state index contributed by atoms with van der Waals surface area (Å²) in [5, 5.41) is 44.4. The van der Waals surface area contributed by atoms with E-state index in [9.17, 15) is 57.8 Å². The summed E-state index contributed by atoms with van der Waals surface area (Å²) in [6, 6.07) is -3.97. The van der Waals surface area contributed by atoms with E-state index in [1.165, 1.54) is 21.9 Å². The van der Waals surface area contributed by atoms with Gasteiger partial charge in [-0.25, -0.2) is 0 Å². The van der Waals surface area contributed by atoms with Crippen LogP contribution in [0.25, 0.3) is 0 Å². The number of nitrogens with one attached hydrogen (secondary N) is 12. The van der Waals surface area contributed by atoms with Crippen LogP contribution in [0.2, 0.25) is 0 Å². The number of aromatic hydroxyl groups is 1. The lowest BCUT2D eigenvalue weighted by Gasteiger charge is -2.32. The minimum Gasteiger partial charge on any atom is -0.508 e. The van der Waals surface area contributed by atoms with Crippen molar-refractivity contribution in [2.75, 3.05) is 39.3 Å². The predicted octanol–water partition coefficient (Wildman–Crippen LogP) is 1.74. The fourth-order valence-corrected chi connectivity index (χ4v) is 14.9. The van der Waals surface area contributed by atoms with Crippen molar-refractivity contribution >= 4 is 82.7 Å². The second kappa shape index (κ2) is 49.8. The van der Waals surface area contributed by atoms with Gasteiger partial charge < -0.3 is 102 Å². The highest BCUT2D eigenvalue weighted by molar-refractivity contribution is 6.01. The molecule has 0 aliphatic carbocycles. The van der Waals surface area contributed by atoms with E-state index in [2.05, 4.69) is 63.8 Å². The lowest BCUT2D eigenvalue weighted by atomic mass is 9.98. The molecule has 3 aliphatic rings. The molecule has 5 rings (SSSR count). The van der Waals surface area contributed by atoms with Gasteiger partial charge >= 0.3 is 0 Å². The highest BCUT2D eigenvalue weighted by Crippen LogP contribution is 2.27. The zero-order valence-electron chi connectivity index (χ0n) is 71.0. The zero-order chi connectivity index (χ0) is 86.8. The van der Waals surface area contributed by atoms with Crippen LogP contribution in [0, 0.1) is 35.5 Å². The SMILES string of the molecule is CC(C)C[C@@H]1NC(=O)[C@H](CCCCN)NC(=O)[C@H](C(C)C)NC(=O)[C@@H]2CCCN2C(=O)[C@@H](Cc2ccc(O)cc2)NC(=O)[C@H](CC(C)C)NC(=O)[C@H](CCCCN)NC(=O)[C@H](C(C)C)NC(=O)[C@H](CCCCN)NC(=O)[C@H](CC(C)C)NC(=O)[C@@H]2CCCN2C(=O)[C@@H](c2ccccc2)NC(=O)[C@H](C(C)C)NC(=O)[C@H](CCCCN)NC1=O. The highest BCUT2D eigenvalue weighted by Gasteiger charge is 2.45. The van der Waals surface area contributed by atoms with Gasteiger partial charge in [-0.1, -0.05) is 126 Å². The van der Waals surface area contributed by atoms with Crippen molar-refractivity contribution in [3.8, 4) is 5.75 Å². The molecule has 33 heteroatoms. The summed E-state index contributed by atoms with van der Waals surface area (Å²) in [6.45, 7) is 22.2. The summed E-state index contributed by atoms with van der Waals surface area (Å²) in [7, 11) is 0. The molecular weight excluding hydrogens is 1500 g/mol. The Labute approximate surface area is 690 Å². The molecule has 0 saturated carbocycles. The first kappa shape index (κ1) is 98.2. The maximum absolute atomic E-state index is 15.3. The molecule has 0 bridgehead atoms. The van der Waals surface area contributed by atoms with Crippen LogP contribution in [0.3, 0.4) is 0 Å². The van der Waals surface area contributed by atoms with Crippen molar-refractivity contribution in [3.05, 3.63) is 65.7 Å². The quantitative estimate of drug-likeness (QED) is 0.0540. The van der Waals surface area contributed by atoms with E-state index in [0.717, 1.165) is 0 Å². The van der Waals surface area contributed by atoms with E-state index in [4.69, 9.17) is 22.9 Å². The molecule has 3 aliphatic heterocycles. The Hall–Kier alpha value is -9.34. The maximum atomic E-state index is 15.3. The minimum absolute atomic E-state index is 0.0291. The second-order valence-electron chi connectivity index (χ2n) is 33.8. The van der Waals surface area contributed by atoms with E-state index in [-0.39, 0.29) is 127 Å². The average Bonchev–Trinajstić information content (AvgIpc) is 1.76. The molecule has 2 aromatic rings. The van der Waals surface area contributed by atoms with Gasteiger partial charge in [0.1, 0.15) is 90.3 Å². The highest BCUT2D eigenvalue weighted by atomic mass is 16.3. The molecule has 3 fully saturated rings. The lowest BCUT2D eigenvalue weighted by molar-refractivity contribution is -0.143. The molecule has 2 aromatic carbocycles. The van der Waals surface area contributed by atoms with Crippen LogP contribution in [0.15, 0.2) is 54.6 Å². The molecule has 3 saturated heterocycles. The number of fused-ring (bicyclic) bond motifs is 2. The summed E-state index contributed by atoms with van der Waals surface area (Å²) in [4.78, 5) is 212. The third-order valence-electron chi connectivity index (χ3n) is 21.4. The Bertz CT molecular complexity index is 3580. The Balaban J connectivity index is 1.64. The van der Waals surface area contributed by atoms with Gasteiger partial charge in [-0.2, -0.15) is 0 Å². The van der Waals surface area contributed by atoms with Gasteiger partial charge in [-0.15, -0.1) is 0 Å². The molecule has 0 aromatic heterocycles. The van der Waals surface area contributed by atoms with E-state index < -0.39 is 185 Å². The van der Waals surface area contributed by atoms with E-state index in [0.29, 0.717) is 75.3 Å². The van der Waals surface area contributed by atoms with Crippen LogP contribution < -0.4 is 86.7 Å². The Morgan fingerprint density at radius 1 is 0.333 bits per heavy atom. The number of carbonyl (C=O) groups excluding carboxylic acids is 14. The number of nitrogens with two attached hydrogens (primary N) is 4. The first-order valence-corrected chi connectivity index (χ1v) is 42.4. The zero-order valence-corrected chi connectivity index (χ0v) is 71.0. The third-order valence-corrected chi connectivity index (χ3v) is 21.4. The molecule has 654 valence electrons. The largest absolute Gasteiger partial charge is 0.508 e. The van der Waals surface area contributed by atoms with Crippen LogP contribution in [0.1, 0.15) is 222 Å². The fourth-order valence-electron chi connectivity index (χ4n) is 14.9. The summed E-state index contributed by atoms with van der Waals surface area (Å²) >= 11 is 0. The van der Waals surface area contributed by atoms with E-state index in [1.807, 2.05) is 41.5 Å². The summed E-state index contributed by atoms with van der Waals surface area (Å²) in [6.07, 6.45) is 4.29. The molecule has 21 N–H and O–H groups in total. The van der Waals surface area contributed by atoms with Crippen molar-refractivity contribution in [2.45, 2.75) is 296 Å². The molecule has 117 heavy (non-hydrogen) atoms. The van der Waals surface area contributed by atoms with Gasteiger partial charge in [-0.05, 0) is 207 Å². The predicted molar refractivity (Wildman–Crippen MR) is 444 cm³/mol. The van der Waals surface area contributed by atoms with Gasteiger partial charge in [0.2, 0.25) is 82.7 Å². The van der Waals surface area contributed by atoms with Gasteiger partial charge in [0.25, 0.3) is 0 Å². The topological polar surface area (TPSA) is 514 Å².